The molecule has 16 heavy (non-hydrogen) atoms. The average molecular weight is 226 g/mol. The topological polar surface area (TPSA) is 24.5 Å². The lowest BCUT2D eigenvalue weighted by molar-refractivity contribution is 0.0745. The molecule has 2 fully saturated rings. The molecule has 0 aromatic heterocycles. The van der Waals surface area contributed by atoms with Crippen LogP contribution in [0.3, 0.4) is 0 Å². The van der Waals surface area contributed by atoms with Gasteiger partial charge in [0, 0.05) is 13.2 Å². The summed E-state index contributed by atoms with van der Waals surface area (Å²) in [4.78, 5) is 2.66. The van der Waals surface area contributed by atoms with Crippen molar-refractivity contribution < 1.29 is 4.74 Å². The third kappa shape index (κ3) is 3.44. The van der Waals surface area contributed by atoms with E-state index in [0.29, 0.717) is 6.10 Å². The van der Waals surface area contributed by atoms with E-state index in [1.807, 2.05) is 0 Å². The minimum absolute atomic E-state index is 0.531. The van der Waals surface area contributed by atoms with E-state index in [1.165, 1.54) is 58.4 Å². The summed E-state index contributed by atoms with van der Waals surface area (Å²) >= 11 is 0. The molecule has 2 atom stereocenters. The molecule has 2 saturated heterocycles. The maximum absolute atomic E-state index is 5.77. The minimum Gasteiger partial charge on any atom is -0.378 e. The van der Waals surface area contributed by atoms with Crippen LogP contribution in [-0.4, -0.2) is 50.3 Å². The summed E-state index contributed by atoms with van der Waals surface area (Å²) in [5, 5.41) is 3.47. The monoisotopic (exact) mass is 226 g/mol. The van der Waals surface area contributed by atoms with Gasteiger partial charge in [-0.25, -0.2) is 0 Å². The molecule has 94 valence electrons. The van der Waals surface area contributed by atoms with Gasteiger partial charge in [-0.1, -0.05) is 6.92 Å². The summed E-state index contributed by atoms with van der Waals surface area (Å²) < 4.78 is 5.77. The van der Waals surface area contributed by atoms with E-state index in [0.717, 1.165) is 12.5 Å². The number of nitrogens with one attached hydrogen (secondary N) is 1. The molecular weight excluding hydrogens is 200 g/mol. The van der Waals surface area contributed by atoms with E-state index in [2.05, 4.69) is 17.1 Å². The molecule has 3 nitrogen and oxygen atoms in total. The van der Waals surface area contributed by atoms with Gasteiger partial charge in [-0.15, -0.1) is 0 Å². The first kappa shape index (κ1) is 12.3. The van der Waals surface area contributed by atoms with Gasteiger partial charge in [-0.05, 0) is 57.8 Å². The highest BCUT2D eigenvalue weighted by molar-refractivity contribution is 4.79. The van der Waals surface area contributed by atoms with Crippen LogP contribution in [0.2, 0.25) is 0 Å². The summed E-state index contributed by atoms with van der Waals surface area (Å²) in [6.07, 6.45) is 5.57. The van der Waals surface area contributed by atoms with Crippen LogP contribution in [0.25, 0.3) is 0 Å². The van der Waals surface area contributed by atoms with Crippen molar-refractivity contribution in [2.45, 2.75) is 38.7 Å². The Hall–Kier alpha value is -0.120. The fourth-order valence-electron chi connectivity index (χ4n) is 2.96. The standard InChI is InChI=1S/C13H26N2O/c1-2-13-12(5-10-16-13)11-15-8-3-6-14-7-4-9-15/h12-14H,2-11H2,1H3. The van der Waals surface area contributed by atoms with Crippen LogP contribution in [0.4, 0.5) is 0 Å². The fourth-order valence-corrected chi connectivity index (χ4v) is 2.96. The molecule has 0 aliphatic carbocycles. The van der Waals surface area contributed by atoms with Crippen LogP contribution in [0.1, 0.15) is 32.6 Å². The molecule has 2 unspecified atom stereocenters. The summed E-state index contributed by atoms with van der Waals surface area (Å²) in [5.41, 5.74) is 0. The van der Waals surface area contributed by atoms with E-state index in [9.17, 15) is 0 Å². The predicted octanol–water partition coefficient (Wildman–Crippen LogP) is 1.49. The molecule has 0 radical (unpaired) electrons. The fraction of sp³-hybridized carbons (Fsp3) is 1.00. The maximum Gasteiger partial charge on any atom is 0.0613 e. The Balaban J connectivity index is 1.77. The van der Waals surface area contributed by atoms with Crippen LogP contribution in [-0.2, 0) is 4.74 Å². The van der Waals surface area contributed by atoms with Gasteiger partial charge < -0.3 is 15.0 Å². The van der Waals surface area contributed by atoms with E-state index in [4.69, 9.17) is 4.74 Å². The first-order valence-corrected chi connectivity index (χ1v) is 6.95. The molecule has 0 saturated carbocycles. The van der Waals surface area contributed by atoms with Gasteiger partial charge in [0.05, 0.1) is 6.10 Å². The van der Waals surface area contributed by atoms with Gasteiger partial charge in [-0.2, -0.15) is 0 Å². The van der Waals surface area contributed by atoms with Gasteiger partial charge in [0.1, 0.15) is 0 Å². The Morgan fingerprint density at radius 3 is 2.69 bits per heavy atom. The van der Waals surface area contributed by atoms with Crippen molar-refractivity contribution in [3.05, 3.63) is 0 Å². The molecule has 2 heterocycles. The molecule has 0 aromatic rings. The van der Waals surface area contributed by atoms with E-state index in [-0.39, 0.29) is 0 Å². The van der Waals surface area contributed by atoms with Crippen molar-refractivity contribution in [2.24, 2.45) is 5.92 Å². The normalized spacial score (nSPS) is 33.6. The molecule has 1 N–H and O–H groups in total. The highest BCUT2D eigenvalue weighted by Gasteiger charge is 2.28. The lowest BCUT2D eigenvalue weighted by atomic mass is 9.98. The highest BCUT2D eigenvalue weighted by Crippen LogP contribution is 2.24. The molecule has 2 rings (SSSR count). The zero-order chi connectivity index (χ0) is 11.2. The average Bonchev–Trinajstić information content (AvgIpc) is 2.69. The van der Waals surface area contributed by atoms with Gasteiger partial charge in [0.25, 0.3) is 0 Å². The molecule has 2 aliphatic heterocycles. The minimum atomic E-state index is 0.531. The summed E-state index contributed by atoms with van der Waals surface area (Å²) in [5.74, 6) is 0.789. The third-order valence-electron chi connectivity index (χ3n) is 3.90. The summed E-state index contributed by atoms with van der Waals surface area (Å²) in [7, 11) is 0. The molecule has 0 amide bonds. The smallest absolute Gasteiger partial charge is 0.0613 e. The van der Waals surface area contributed by atoms with Gasteiger partial charge in [-0.3, -0.25) is 0 Å². The van der Waals surface area contributed by atoms with Crippen LogP contribution in [0, 0.1) is 5.92 Å². The molecular formula is C13H26N2O. The lowest BCUT2D eigenvalue weighted by Gasteiger charge is -2.29. The van der Waals surface area contributed by atoms with Gasteiger partial charge in [0.2, 0.25) is 0 Å². The van der Waals surface area contributed by atoms with Crippen molar-refractivity contribution in [2.75, 3.05) is 39.3 Å². The van der Waals surface area contributed by atoms with Crippen molar-refractivity contribution >= 4 is 0 Å². The Labute approximate surface area is 99.5 Å². The number of hydrogen-bond acceptors (Lipinski definition) is 3. The largest absolute Gasteiger partial charge is 0.378 e. The quantitative estimate of drug-likeness (QED) is 0.789. The maximum atomic E-state index is 5.77. The van der Waals surface area contributed by atoms with Crippen LogP contribution in [0.15, 0.2) is 0 Å². The Bertz CT molecular complexity index is 190. The third-order valence-corrected chi connectivity index (χ3v) is 3.90. The zero-order valence-electron chi connectivity index (χ0n) is 10.6. The van der Waals surface area contributed by atoms with Crippen LogP contribution in [0.5, 0.6) is 0 Å². The second kappa shape index (κ2) is 6.58. The first-order valence-electron chi connectivity index (χ1n) is 6.95. The number of nitrogens with zero attached hydrogens (tertiary/aromatic N) is 1. The number of rotatable bonds is 3. The van der Waals surface area contributed by atoms with E-state index >= 15 is 0 Å². The molecule has 0 spiro atoms. The lowest BCUT2D eigenvalue weighted by Crippen LogP contribution is -2.38. The Morgan fingerprint density at radius 2 is 2.00 bits per heavy atom. The van der Waals surface area contributed by atoms with Crippen LogP contribution >= 0.6 is 0 Å². The predicted molar refractivity (Wildman–Crippen MR) is 66.7 cm³/mol. The molecule has 2 aliphatic rings. The first-order chi connectivity index (χ1) is 7.90. The van der Waals surface area contributed by atoms with Crippen molar-refractivity contribution in [1.29, 1.82) is 0 Å². The van der Waals surface area contributed by atoms with E-state index < -0.39 is 0 Å². The molecule has 0 aromatic carbocycles. The van der Waals surface area contributed by atoms with E-state index in [1.54, 1.807) is 0 Å². The zero-order valence-corrected chi connectivity index (χ0v) is 10.6. The second-order valence-electron chi connectivity index (χ2n) is 5.12. The molecule has 0 bridgehead atoms. The SMILES string of the molecule is CCC1OCCC1CN1CCCNCCC1. The summed E-state index contributed by atoms with van der Waals surface area (Å²) in [6, 6.07) is 0. The molecule has 3 heteroatoms. The van der Waals surface area contributed by atoms with Crippen molar-refractivity contribution in [1.82, 2.24) is 10.2 Å². The number of ether oxygens (including phenoxy) is 1. The van der Waals surface area contributed by atoms with Crippen molar-refractivity contribution in [3.63, 3.8) is 0 Å². The van der Waals surface area contributed by atoms with Crippen molar-refractivity contribution in [3.8, 4) is 0 Å². The Morgan fingerprint density at radius 1 is 1.25 bits per heavy atom. The summed E-state index contributed by atoms with van der Waals surface area (Å²) in [6.45, 7) is 9.40. The Kier molecular flexibility index (Phi) is 5.07. The second-order valence-corrected chi connectivity index (χ2v) is 5.12. The number of hydrogen-bond donors (Lipinski definition) is 1. The van der Waals surface area contributed by atoms with Crippen LogP contribution < -0.4 is 5.32 Å². The van der Waals surface area contributed by atoms with Gasteiger partial charge in [0.15, 0.2) is 0 Å². The van der Waals surface area contributed by atoms with Gasteiger partial charge >= 0.3 is 0 Å². The highest BCUT2D eigenvalue weighted by atomic mass is 16.5.